The quantitative estimate of drug-likeness (QED) is 0.492. The van der Waals surface area contributed by atoms with E-state index < -0.39 is 6.04 Å². The van der Waals surface area contributed by atoms with Crippen molar-refractivity contribution >= 4 is 5.91 Å². The van der Waals surface area contributed by atoms with Gasteiger partial charge in [-0.05, 0) is 6.42 Å². The van der Waals surface area contributed by atoms with E-state index in [0.29, 0.717) is 6.42 Å². The number of aliphatic hydroxyl groups is 2. The summed E-state index contributed by atoms with van der Waals surface area (Å²) in [4.78, 5) is 13.0. The maximum Gasteiger partial charge on any atom is 0.239 e. The zero-order chi connectivity index (χ0) is 11.0. The predicted molar refractivity (Wildman–Crippen MR) is 53.6 cm³/mol. The third-order valence-corrected chi connectivity index (χ3v) is 1.97. The molecule has 0 aromatic heterocycles. The van der Waals surface area contributed by atoms with Crippen molar-refractivity contribution in [3.8, 4) is 0 Å². The predicted octanol–water partition coefficient (Wildman–Crippen LogP) is -1.07. The van der Waals surface area contributed by atoms with E-state index in [4.69, 9.17) is 15.9 Å². The molecule has 0 saturated carbocycles. The Hall–Kier alpha value is -0.650. The van der Waals surface area contributed by atoms with Crippen LogP contribution in [0.25, 0.3) is 0 Å². The van der Waals surface area contributed by atoms with Crippen molar-refractivity contribution in [3.63, 3.8) is 0 Å². The Bertz CT molecular complexity index is 158. The van der Waals surface area contributed by atoms with E-state index in [1.807, 2.05) is 6.92 Å². The number of nitrogens with zero attached hydrogens (tertiary/aromatic N) is 1. The Kier molecular flexibility index (Phi) is 7.37. The van der Waals surface area contributed by atoms with Crippen molar-refractivity contribution in [2.75, 3.05) is 26.3 Å². The van der Waals surface area contributed by atoms with Crippen LogP contribution in [0.4, 0.5) is 0 Å². The molecule has 0 radical (unpaired) electrons. The fraction of sp³-hybridized carbons (Fsp3) is 0.889. The standard InChI is InChI=1S/C9H20N2O3/c1-2-3-8(10)9(14)11(4-6-12)5-7-13/h8,12-13H,2-7,10H2,1H3/t8-/m0/s1. The number of hydrogen-bond donors (Lipinski definition) is 3. The van der Waals surface area contributed by atoms with Crippen LogP contribution in [0.3, 0.4) is 0 Å². The Morgan fingerprint density at radius 1 is 1.36 bits per heavy atom. The number of rotatable bonds is 7. The molecule has 0 saturated heterocycles. The van der Waals surface area contributed by atoms with E-state index in [9.17, 15) is 4.79 Å². The van der Waals surface area contributed by atoms with Gasteiger partial charge in [-0.25, -0.2) is 0 Å². The molecular weight excluding hydrogens is 184 g/mol. The monoisotopic (exact) mass is 204 g/mol. The fourth-order valence-electron chi connectivity index (χ4n) is 1.24. The SMILES string of the molecule is CCC[C@H](N)C(=O)N(CCO)CCO. The second kappa shape index (κ2) is 7.73. The summed E-state index contributed by atoms with van der Waals surface area (Å²) in [7, 11) is 0. The molecule has 0 aliphatic heterocycles. The summed E-state index contributed by atoms with van der Waals surface area (Å²) >= 11 is 0. The zero-order valence-electron chi connectivity index (χ0n) is 8.65. The van der Waals surface area contributed by atoms with Gasteiger partial charge >= 0.3 is 0 Å². The smallest absolute Gasteiger partial charge is 0.239 e. The Morgan fingerprint density at radius 3 is 2.21 bits per heavy atom. The molecule has 0 heterocycles. The van der Waals surface area contributed by atoms with E-state index in [0.717, 1.165) is 6.42 Å². The summed E-state index contributed by atoms with van der Waals surface area (Å²) in [5, 5.41) is 17.4. The molecule has 5 nitrogen and oxygen atoms in total. The minimum Gasteiger partial charge on any atom is -0.395 e. The molecule has 0 bridgehead atoms. The fourth-order valence-corrected chi connectivity index (χ4v) is 1.24. The molecule has 0 rings (SSSR count). The highest BCUT2D eigenvalue weighted by Gasteiger charge is 2.18. The maximum absolute atomic E-state index is 11.6. The number of amides is 1. The Morgan fingerprint density at radius 2 is 1.86 bits per heavy atom. The molecule has 5 heteroatoms. The lowest BCUT2D eigenvalue weighted by Crippen LogP contribution is -2.46. The first-order valence-electron chi connectivity index (χ1n) is 4.93. The average Bonchev–Trinajstić information content (AvgIpc) is 2.17. The van der Waals surface area contributed by atoms with Gasteiger partial charge in [0.05, 0.1) is 19.3 Å². The number of nitrogens with two attached hydrogens (primary N) is 1. The second-order valence-electron chi connectivity index (χ2n) is 3.17. The van der Waals surface area contributed by atoms with Crippen molar-refractivity contribution in [1.29, 1.82) is 0 Å². The number of aliphatic hydroxyl groups excluding tert-OH is 2. The first kappa shape index (κ1) is 13.4. The highest BCUT2D eigenvalue weighted by Crippen LogP contribution is 1.99. The van der Waals surface area contributed by atoms with Crippen LogP contribution in [-0.4, -0.2) is 53.4 Å². The van der Waals surface area contributed by atoms with Gasteiger partial charge in [-0.3, -0.25) is 4.79 Å². The molecule has 1 atom stereocenters. The molecule has 0 spiro atoms. The van der Waals surface area contributed by atoms with Crippen molar-refractivity contribution in [2.45, 2.75) is 25.8 Å². The van der Waals surface area contributed by atoms with Gasteiger partial charge in [-0.2, -0.15) is 0 Å². The van der Waals surface area contributed by atoms with Crippen molar-refractivity contribution in [1.82, 2.24) is 4.90 Å². The molecular formula is C9H20N2O3. The first-order valence-corrected chi connectivity index (χ1v) is 4.93. The summed E-state index contributed by atoms with van der Waals surface area (Å²) in [6.07, 6.45) is 1.48. The summed E-state index contributed by atoms with van der Waals surface area (Å²) in [5.74, 6) is -0.199. The van der Waals surface area contributed by atoms with Crippen LogP contribution in [-0.2, 0) is 4.79 Å². The highest BCUT2D eigenvalue weighted by atomic mass is 16.3. The van der Waals surface area contributed by atoms with Crippen LogP contribution in [0.5, 0.6) is 0 Å². The van der Waals surface area contributed by atoms with Gasteiger partial charge in [0.25, 0.3) is 0 Å². The summed E-state index contributed by atoms with van der Waals surface area (Å²) in [6, 6.07) is -0.516. The van der Waals surface area contributed by atoms with Gasteiger partial charge in [0.15, 0.2) is 0 Å². The molecule has 84 valence electrons. The minimum absolute atomic E-state index is 0.107. The lowest BCUT2D eigenvalue weighted by Gasteiger charge is -2.23. The third kappa shape index (κ3) is 4.55. The van der Waals surface area contributed by atoms with E-state index in [1.165, 1.54) is 4.90 Å². The molecule has 4 N–H and O–H groups in total. The topological polar surface area (TPSA) is 86.8 Å². The zero-order valence-corrected chi connectivity index (χ0v) is 8.65. The average molecular weight is 204 g/mol. The normalized spacial score (nSPS) is 12.6. The van der Waals surface area contributed by atoms with Gasteiger partial charge in [-0.1, -0.05) is 13.3 Å². The Balaban J connectivity index is 4.11. The number of hydrogen-bond acceptors (Lipinski definition) is 4. The second-order valence-corrected chi connectivity index (χ2v) is 3.17. The van der Waals surface area contributed by atoms with Crippen LogP contribution in [0, 0.1) is 0 Å². The van der Waals surface area contributed by atoms with Crippen molar-refractivity contribution in [2.24, 2.45) is 5.73 Å². The Labute approximate surface area is 84.5 Å². The van der Waals surface area contributed by atoms with Gasteiger partial charge < -0.3 is 20.8 Å². The van der Waals surface area contributed by atoms with Gasteiger partial charge in [0.1, 0.15) is 0 Å². The molecule has 1 amide bonds. The van der Waals surface area contributed by atoms with E-state index in [2.05, 4.69) is 0 Å². The molecule has 0 aromatic carbocycles. The van der Waals surface area contributed by atoms with E-state index in [-0.39, 0.29) is 32.2 Å². The summed E-state index contributed by atoms with van der Waals surface area (Å²) < 4.78 is 0. The van der Waals surface area contributed by atoms with Crippen LogP contribution in [0.1, 0.15) is 19.8 Å². The van der Waals surface area contributed by atoms with Gasteiger partial charge in [0, 0.05) is 13.1 Å². The maximum atomic E-state index is 11.6. The lowest BCUT2D eigenvalue weighted by molar-refractivity contribution is -0.133. The number of carbonyl (C=O) groups excluding carboxylic acids is 1. The summed E-state index contributed by atoms with van der Waals surface area (Å²) in [5.41, 5.74) is 5.63. The van der Waals surface area contributed by atoms with E-state index >= 15 is 0 Å². The highest BCUT2D eigenvalue weighted by molar-refractivity contribution is 5.81. The van der Waals surface area contributed by atoms with Crippen LogP contribution in [0.15, 0.2) is 0 Å². The largest absolute Gasteiger partial charge is 0.395 e. The molecule has 0 aromatic rings. The lowest BCUT2D eigenvalue weighted by atomic mass is 10.1. The minimum atomic E-state index is -0.516. The molecule has 0 fully saturated rings. The van der Waals surface area contributed by atoms with Gasteiger partial charge in [0.2, 0.25) is 5.91 Å². The molecule has 0 aliphatic carbocycles. The summed E-state index contributed by atoms with van der Waals surface area (Å²) in [6.45, 7) is 2.21. The van der Waals surface area contributed by atoms with Crippen LogP contribution >= 0.6 is 0 Å². The molecule has 14 heavy (non-hydrogen) atoms. The van der Waals surface area contributed by atoms with E-state index in [1.54, 1.807) is 0 Å². The third-order valence-electron chi connectivity index (χ3n) is 1.97. The first-order chi connectivity index (χ1) is 6.67. The van der Waals surface area contributed by atoms with Gasteiger partial charge in [-0.15, -0.1) is 0 Å². The van der Waals surface area contributed by atoms with Crippen molar-refractivity contribution in [3.05, 3.63) is 0 Å². The molecule has 0 aliphatic rings. The van der Waals surface area contributed by atoms with Crippen LogP contribution < -0.4 is 5.73 Å². The number of carbonyl (C=O) groups is 1. The van der Waals surface area contributed by atoms with Crippen LogP contribution in [0.2, 0.25) is 0 Å². The van der Waals surface area contributed by atoms with Crippen molar-refractivity contribution < 1.29 is 15.0 Å². The molecule has 0 unspecified atom stereocenters.